The Kier molecular flexibility index (Phi) is 3.47. The van der Waals surface area contributed by atoms with Crippen molar-refractivity contribution in [3.8, 4) is 16.8 Å². The van der Waals surface area contributed by atoms with Gasteiger partial charge in [-0.1, -0.05) is 6.07 Å². The molecule has 0 bridgehead atoms. The Morgan fingerprint density at radius 3 is 2.75 bits per heavy atom. The molecule has 0 aromatic carbocycles. The fourth-order valence-electron chi connectivity index (χ4n) is 2.45. The van der Waals surface area contributed by atoms with Gasteiger partial charge in [-0.05, 0) is 25.3 Å². The van der Waals surface area contributed by atoms with Crippen LogP contribution in [0.1, 0.15) is 19.5 Å². The van der Waals surface area contributed by atoms with E-state index in [-0.39, 0.29) is 12.2 Å². The second-order valence-electron chi connectivity index (χ2n) is 4.92. The molecule has 1 aliphatic heterocycles. The highest BCUT2D eigenvalue weighted by Crippen LogP contribution is 2.31. The van der Waals surface area contributed by atoms with Crippen molar-refractivity contribution in [1.82, 2.24) is 4.98 Å². The molecule has 0 spiro atoms. The molecule has 5 nitrogen and oxygen atoms in total. The number of hydrogen-bond donors (Lipinski definition) is 0. The molecule has 20 heavy (non-hydrogen) atoms. The van der Waals surface area contributed by atoms with E-state index in [2.05, 4.69) is 11.1 Å². The van der Waals surface area contributed by atoms with Gasteiger partial charge in [0.25, 0.3) is 0 Å². The summed E-state index contributed by atoms with van der Waals surface area (Å²) in [5, 5.41) is 11.2. The molecule has 2 aromatic rings. The Morgan fingerprint density at radius 1 is 1.40 bits per heavy atom. The molecule has 0 saturated carbocycles. The first-order valence-corrected chi connectivity index (χ1v) is 7.40. The van der Waals surface area contributed by atoms with Crippen LogP contribution in [0.2, 0.25) is 0 Å². The maximum Gasteiger partial charge on any atom is 0.240 e. The van der Waals surface area contributed by atoms with Crippen molar-refractivity contribution in [1.29, 1.82) is 5.26 Å². The zero-order valence-corrected chi connectivity index (χ0v) is 12.2. The van der Waals surface area contributed by atoms with Crippen molar-refractivity contribution in [3.05, 3.63) is 23.2 Å². The van der Waals surface area contributed by atoms with Gasteiger partial charge >= 0.3 is 0 Å². The van der Waals surface area contributed by atoms with Crippen LogP contribution in [0.25, 0.3) is 10.8 Å². The average molecular weight is 289 g/mol. The predicted octanol–water partition coefficient (Wildman–Crippen LogP) is 2.89. The van der Waals surface area contributed by atoms with Crippen LogP contribution < -0.4 is 4.90 Å². The molecule has 1 saturated heterocycles. The third-order valence-corrected chi connectivity index (χ3v) is 4.01. The first-order chi connectivity index (χ1) is 9.67. The highest BCUT2D eigenvalue weighted by molar-refractivity contribution is 7.13. The number of hydrogen-bond acceptors (Lipinski definition) is 6. The van der Waals surface area contributed by atoms with Crippen molar-refractivity contribution in [2.45, 2.75) is 26.1 Å². The van der Waals surface area contributed by atoms with Crippen LogP contribution in [0, 0.1) is 11.3 Å². The third kappa shape index (κ3) is 2.42. The zero-order chi connectivity index (χ0) is 14.1. The van der Waals surface area contributed by atoms with Gasteiger partial charge in [0, 0.05) is 13.1 Å². The molecule has 0 aliphatic carbocycles. The molecule has 2 atom stereocenters. The van der Waals surface area contributed by atoms with E-state index in [4.69, 9.17) is 9.15 Å². The monoisotopic (exact) mass is 289 g/mol. The number of nitrogens with zero attached hydrogens (tertiary/aromatic N) is 3. The lowest BCUT2D eigenvalue weighted by molar-refractivity contribution is -0.00638. The van der Waals surface area contributed by atoms with Gasteiger partial charge in [0.2, 0.25) is 17.5 Å². The lowest BCUT2D eigenvalue weighted by Crippen LogP contribution is -2.45. The zero-order valence-electron chi connectivity index (χ0n) is 11.4. The SMILES string of the molecule is C[C@@H]1CN(c2oc(-c3cccs3)nc2C#N)C[C@H](C)O1. The smallest absolute Gasteiger partial charge is 0.240 e. The Bertz CT molecular complexity index is 619. The number of nitriles is 1. The van der Waals surface area contributed by atoms with Crippen LogP contribution in [-0.2, 0) is 4.74 Å². The largest absolute Gasteiger partial charge is 0.418 e. The van der Waals surface area contributed by atoms with Crippen molar-refractivity contribution in [2.24, 2.45) is 0 Å². The minimum atomic E-state index is 0.112. The molecule has 0 radical (unpaired) electrons. The van der Waals surface area contributed by atoms with E-state index in [9.17, 15) is 5.26 Å². The summed E-state index contributed by atoms with van der Waals surface area (Å²) in [5.41, 5.74) is 0.342. The van der Waals surface area contributed by atoms with Crippen LogP contribution in [0.4, 0.5) is 5.88 Å². The van der Waals surface area contributed by atoms with Crippen LogP contribution >= 0.6 is 11.3 Å². The number of rotatable bonds is 2. The van der Waals surface area contributed by atoms with E-state index in [1.165, 1.54) is 0 Å². The van der Waals surface area contributed by atoms with Gasteiger partial charge in [-0.3, -0.25) is 0 Å². The lowest BCUT2D eigenvalue weighted by atomic mass is 10.2. The lowest BCUT2D eigenvalue weighted by Gasteiger charge is -2.34. The standard InChI is InChI=1S/C14H15N3O2S/c1-9-7-17(8-10(2)18-9)14-11(6-15)16-13(19-14)12-4-3-5-20-12/h3-5,9-10H,7-8H2,1-2H3/t9-,10+. The van der Waals surface area contributed by atoms with Crippen molar-refractivity contribution in [2.75, 3.05) is 18.0 Å². The summed E-state index contributed by atoms with van der Waals surface area (Å²) in [4.78, 5) is 7.27. The summed E-state index contributed by atoms with van der Waals surface area (Å²) in [6.45, 7) is 5.45. The van der Waals surface area contributed by atoms with Gasteiger partial charge in [-0.25, -0.2) is 0 Å². The molecule has 3 rings (SSSR count). The number of ether oxygens (including phenoxy) is 1. The minimum Gasteiger partial charge on any atom is -0.418 e. The normalized spacial score (nSPS) is 22.8. The van der Waals surface area contributed by atoms with Crippen LogP contribution in [-0.4, -0.2) is 30.3 Å². The van der Waals surface area contributed by atoms with Gasteiger partial charge in [0.1, 0.15) is 6.07 Å². The topological polar surface area (TPSA) is 62.3 Å². The summed E-state index contributed by atoms with van der Waals surface area (Å²) in [7, 11) is 0. The number of aromatic nitrogens is 1. The van der Waals surface area contributed by atoms with Crippen LogP contribution in [0.5, 0.6) is 0 Å². The highest BCUT2D eigenvalue weighted by Gasteiger charge is 2.28. The van der Waals surface area contributed by atoms with Crippen LogP contribution in [0.3, 0.4) is 0 Å². The Hall–Kier alpha value is -1.84. The van der Waals surface area contributed by atoms with Gasteiger partial charge in [-0.15, -0.1) is 11.3 Å². The Labute approximate surface area is 121 Å². The van der Waals surface area contributed by atoms with Gasteiger partial charge in [0.15, 0.2) is 0 Å². The first kappa shape index (κ1) is 13.2. The number of thiophene rings is 1. The average Bonchev–Trinajstić information content (AvgIpc) is 3.06. The first-order valence-electron chi connectivity index (χ1n) is 6.52. The molecule has 1 fully saturated rings. The molecule has 0 amide bonds. The molecular weight excluding hydrogens is 274 g/mol. The molecule has 0 unspecified atom stereocenters. The maximum atomic E-state index is 9.26. The Balaban J connectivity index is 1.95. The number of morpholine rings is 1. The van der Waals surface area contributed by atoms with Crippen molar-refractivity contribution < 1.29 is 9.15 Å². The van der Waals surface area contributed by atoms with E-state index < -0.39 is 0 Å². The Morgan fingerprint density at radius 2 is 2.15 bits per heavy atom. The summed E-state index contributed by atoms with van der Waals surface area (Å²) >= 11 is 1.55. The summed E-state index contributed by atoms with van der Waals surface area (Å²) < 4.78 is 11.5. The van der Waals surface area contributed by atoms with Gasteiger partial charge in [0.05, 0.1) is 17.1 Å². The second-order valence-corrected chi connectivity index (χ2v) is 5.87. The number of anilines is 1. The molecule has 3 heterocycles. The maximum absolute atomic E-state index is 9.26. The van der Waals surface area contributed by atoms with E-state index in [0.717, 1.165) is 4.88 Å². The van der Waals surface area contributed by atoms with E-state index >= 15 is 0 Å². The van der Waals surface area contributed by atoms with E-state index in [0.29, 0.717) is 30.6 Å². The predicted molar refractivity (Wildman–Crippen MR) is 76.8 cm³/mol. The highest BCUT2D eigenvalue weighted by atomic mass is 32.1. The van der Waals surface area contributed by atoms with Crippen molar-refractivity contribution >= 4 is 17.2 Å². The molecule has 6 heteroatoms. The van der Waals surface area contributed by atoms with Gasteiger partial charge in [-0.2, -0.15) is 10.2 Å². The molecule has 1 aliphatic rings. The van der Waals surface area contributed by atoms with E-state index in [1.54, 1.807) is 11.3 Å². The molecular formula is C14H15N3O2S. The summed E-state index contributed by atoms with van der Waals surface area (Å²) in [6.07, 6.45) is 0.223. The number of oxazole rings is 1. The van der Waals surface area contributed by atoms with E-state index in [1.807, 2.05) is 36.3 Å². The molecule has 104 valence electrons. The summed E-state index contributed by atoms with van der Waals surface area (Å²) in [5.74, 6) is 1.07. The molecule has 0 N–H and O–H groups in total. The molecule has 2 aromatic heterocycles. The summed E-state index contributed by atoms with van der Waals surface area (Å²) in [6, 6.07) is 6.00. The minimum absolute atomic E-state index is 0.112. The quantitative estimate of drug-likeness (QED) is 0.850. The third-order valence-electron chi connectivity index (χ3n) is 3.15. The fraction of sp³-hybridized carbons (Fsp3) is 0.429. The van der Waals surface area contributed by atoms with Crippen molar-refractivity contribution in [3.63, 3.8) is 0 Å². The van der Waals surface area contributed by atoms with Crippen LogP contribution in [0.15, 0.2) is 21.9 Å². The fourth-order valence-corrected chi connectivity index (χ4v) is 3.10. The second kappa shape index (κ2) is 5.27. The van der Waals surface area contributed by atoms with Gasteiger partial charge < -0.3 is 14.1 Å².